The van der Waals surface area contributed by atoms with Crippen molar-refractivity contribution in [1.82, 2.24) is 20.6 Å². The van der Waals surface area contributed by atoms with E-state index in [1.165, 1.54) is 76.3 Å². The minimum atomic E-state index is -3.82. The van der Waals surface area contributed by atoms with Crippen molar-refractivity contribution >= 4 is 86.9 Å². The first kappa shape index (κ1) is 80.2. The summed E-state index contributed by atoms with van der Waals surface area (Å²) in [5.41, 5.74) is 9.25. The summed E-state index contributed by atoms with van der Waals surface area (Å²) >= 11 is 0.908. The first-order chi connectivity index (χ1) is 52.0. The lowest BCUT2D eigenvalue weighted by Gasteiger charge is -2.14. The Hall–Kier alpha value is -12.9. The van der Waals surface area contributed by atoms with Gasteiger partial charge in [0.15, 0.2) is 26.5 Å². The van der Waals surface area contributed by atoms with Crippen molar-refractivity contribution in [1.29, 1.82) is 0 Å². The molecule has 0 aliphatic carbocycles. The second-order valence-corrected chi connectivity index (χ2v) is 30.5. The number of benzene rings is 11. The maximum Gasteiger partial charge on any atom is 0.336 e. The number of nitrogens with zero attached hydrogens (tertiary/aromatic N) is 4. The zero-order valence-corrected chi connectivity index (χ0v) is 62.2. The fourth-order valence-electron chi connectivity index (χ4n) is 10.5. The third-order valence-corrected chi connectivity index (χ3v) is 23.0. The number of hydrogen-bond acceptors (Lipinski definition) is 17. The summed E-state index contributed by atoms with van der Waals surface area (Å²) in [5.74, 6) is -1.23. The highest BCUT2D eigenvalue weighted by atomic mass is 32.2. The second kappa shape index (κ2) is 36.9. The van der Waals surface area contributed by atoms with Crippen LogP contribution in [0.1, 0.15) is 26.3 Å². The molecule has 1 unspecified atom stereocenters. The smallest absolute Gasteiger partial charge is 0.336 e. The van der Waals surface area contributed by atoms with E-state index in [1.807, 2.05) is 146 Å². The Morgan fingerprint density at radius 1 is 0.495 bits per heavy atom. The number of carboxylic acid groups (broad SMARTS) is 2. The van der Waals surface area contributed by atoms with E-state index in [2.05, 4.69) is 39.6 Å². The number of sulfonamides is 2. The van der Waals surface area contributed by atoms with Crippen molar-refractivity contribution in [3.8, 4) is 78.9 Å². The van der Waals surface area contributed by atoms with Crippen molar-refractivity contribution < 1.29 is 78.1 Å². The molecule has 0 aliphatic rings. The largest absolute Gasteiger partial charge is 0.496 e. The number of thiophene rings is 1. The van der Waals surface area contributed by atoms with E-state index in [1.54, 1.807) is 60.7 Å². The van der Waals surface area contributed by atoms with Crippen LogP contribution >= 0.6 is 11.3 Å². The van der Waals surface area contributed by atoms with Gasteiger partial charge in [0, 0.05) is 16.5 Å². The summed E-state index contributed by atoms with van der Waals surface area (Å²) in [5, 5.41) is 33.0. The lowest BCUT2D eigenvalue weighted by Crippen LogP contribution is -2.13. The number of carboxylic acids is 2. The summed E-state index contributed by atoms with van der Waals surface area (Å²) in [6.07, 6.45) is 0. The molecule has 556 valence electrons. The van der Waals surface area contributed by atoms with Gasteiger partial charge in [-0.25, -0.2) is 48.3 Å². The highest BCUT2D eigenvalue weighted by molar-refractivity contribution is 7.93. The van der Waals surface area contributed by atoms with Gasteiger partial charge in [-0.3, -0.25) is 14.2 Å². The average Bonchev–Trinajstić information content (AvgIpc) is 1.76. The van der Waals surface area contributed by atoms with Crippen molar-refractivity contribution in [3.63, 3.8) is 0 Å². The molecule has 24 nitrogen and oxygen atoms in total. The molecular weight excluding hydrogens is 1500 g/mol. The van der Waals surface area contributed by atoms with Gasteiger partial charge in [0.05, 0.1) is 78.7 Å². The molecule has 0 fully saturated rings. The quantitative estimate of drug-likeness (QED) is 0.0324. The van der Waals surface area contributed by atoms with Gasteiger partial charge in [0.25, 0.3) is 20.0 Å². The number of methoxy groups -OCH3 is 4. The van der Waals surface area contributed by atoms with Crippen LogP contribution in [0.4, 0.5) is 27.1 Å². The van der Waals surface area contributed by atoms with Gasteiger partial charge in [0.2, 0.25) is 5.82 Å². The van der Waals surface area contributed by atoms with Crippen molar-refractivity contribution in [3.05, 3.63) is 306 Å². The van der Waals surface area contributed by atoms with Gasteiger partial charge in [0.1, 0.15) is 37.9 Å². The molecule has 13 rings (SSSR count). The number of carbonyl (C=O) groups is 2. The predicted octanol–water partition coefficient (Wildman–Crippen LogP) is 15.7. The Balaban J connectivity index is 0.000000167. The number of halogens is 1. The van der Waals surface area contributed by atoms with Gasteiger partial charge < -0.3 is 34.6 Å². The molecule has 0 spiro atoms. The monoisotopic (exact) mass is 1560 g/mol. The van der Waals surface area contributed by atoms with E-state index in [4.69, 9.17) is 35.7 Å². The van der Waals surface area contributed by atoms with E-state index >= 15 is 0 Å². The molecule has 11 aromatic carbocycles. The highest BCUT2D eigenvalue weighted by Crippen LogP contribution is 2.37. The summed E-state index contributed by atoms with van der Waals surface area (Å²) < 4.78 is 132. The standard InChI is InChI=1S/C20H16FNO4S.C20H17N5O3S.C20H16N2O3S.C19H16O5S2.H2O/c1-26-18-10-8-14(13-5-3-2-4-6-13)12-19(18)27(25)22-17-11-15(20(23)24)7-9-16(17)21;1-28-19-12-9-16(14-5-3-2-4-6-14)13-18(19)23-29(26,27)17-10-7-15(8-11-17)20-21-24-25-22-20;1-21-17-9-11-18(12-10-17)26(23,24)22-19-14-16(8-13-20(19)25-2)15-6-4-3-5-7-15;1-24-17-8-7-14(13-5-3-2-4-6-13)9-16(17)12-26(22,23)18-10-15(11-25-18)19(20)21;/h2-12,22H,1H3,(H,23,24);2-13,23H,1H3,(H,21,22,24,25);3-14,22H,2H3;2-11H,12H2,1H3,(H,20,21);1H2. The maximum atomic E-state index is 14.0. The van der Waals surface area contributed by atoms with Crippen LogP contribution in [-0.2, 0) is 46.6 Å². The minimum Gasteiger partial charge on any atom is -0.496 e. The average molecular weight is 1560 g/mol. The SMILES string of the molecule is COc1ccc(-c2ccccc2)cc1CS(=O)(=O)c1cc(C(=O)O)cs1.COc1ccc(-c2ccccc2)cc1NS(=O)(=O)c1ccc(-c2nn[nH]n2)cc1.COc1ccc(-c2ccccc2)cc1S(=O)Nc1cc(C(=O)O)ccc1F.O.[C-]#[N+]c1ccc(S(=O)(=O)Nc2cc(-c3ccccc3)ccc2OC)cc1. The topological polar surface area (TPSA) is 357 Å². The lowest BCUT2D eigenvalue weighted by atomic mass is 10.0. The van der Waals surface area contributed by atoms with E-state index in [9.17, 15) is 43.4 Å². The van der Waals surface area contributed by atoms with Crippen molar-refractivity contribution in [2.75, 3.05) is 42.6 Å². The number of ether oxygens (including phenoxy) is 4. The fraction of sp³-hybridized carbons (Fsp3) is 0.0633. The number of nitrogens with one attached hydrogen (secondary N) is 4. The van der Waals surface area contributed by atoms with Crippen LogP contribution in [0.5, 0.6) is 23.0 Å². The van der Waals surface area contributed by atoms with E-state index in [0.717, 1.165) is 74.0 Å². The van der Waals surface area contributed by atoms with Crippen LogP contribution in [-0.4, -0.2) is 106 Å². The zero-order valence-electron chi connectivity index (χ0n) is 58.1. The molecule has 8 N–H and O–H groups in total. The van der Waals surface area contributed by atoms with Crippen molar-refractivity contribution in [2.24, 2.45) is 0 Å². The van der Waals surface area contributed by atoms with Crippen LogP contribution in [0.25, 0.3) is 60.7 Å². The Morgan fingerprint density at radius 3 is 1.34 bits per heavy atom. The van der Waals surface area contributed by atoms with E-state index in [-0.39, 0.29) is 42.0 Å². The molecule has 0 radical (unpaired) electrons. The molecule has 0 amide bonds. The molecule has 30 heteroatoms. The number of sulfone groups is 1. The molecule has 2 aromatic heterocycles. The fourth-order valence-corrected chi connectivity index (χ4v) is 16.2. The third-order valence-electron chi connectivity index (χ3n) is 15.9. The number of tetrazole rings is 1. The lowest BCUT2D eigenvalue weighted by molar-refractivity contribution is 0.0686. The van der Waals surface area contributed by atoms with E-state index in [0.29, 0.717) is 61.9 Å². The molecule has 2 heterocycles. The van der Waals surface area contributed by atoms with E-state index < -0.39 is 58.6 Å². The first-order valence-electron chi connectivity index (χ1n) is 32.1. The second-order valence-electron chi connectivity index (χ2n) is 22.9. The summed E-state index contributed by atoms with van der Waals surface area (Å²) in [4.78, 5) is 25.8. The highest BCUT2D eigenvalue weighted by Gasteiger charge is 2.24. The van der Waals surface area contributed by atoms with Gasteiger partial charge in [-0.2, -0.15) is 5.21 Å². The summed E-state index contributed by atoms with van der Waals surface area (Å²) in [6.45, 7) is 6.95. The van der Waals surface area contributed by atoms with Gasteiger partial charge in [-0.1, -0.05) is 170 Å². The molecule has 109 heavy (non-hydrogen) atoms. The predicted molar refractivity (Wildman–Crippen MR) is 417 cm³/mol. The number of aromatic nitrogens is 4. The zero-order chi connectivity index (χ0) is 77.0. The minimum absolute atomic E-state index is 0. The maximum absolute atomic E-state index is 14.0. The molecular formula is C79H67FN8O16S5. The normalized spacial score (nSPS) is 11.1. The number of aromatic carboxylic acids is 2. The van der Waals surface area contributed by atoms with Crippen molar-refractivity contribution in [2.45, 2.75) is 24.6 Å². The number of rotatable bonds is 23. The van der Waals surface area contributed by atoms with Crippen LogP contribution in [0.3, 0.4) is 0 Å². The molecule has 0 saturated carbocycles. The molecule has 1 atom stereocenters. The van der Waals surface area contributed by atoms with Gasteiger partial charge in [-0.15, -0.1) is 21.5 Å². The Bertz CT molecular complexity index is 5740. The van der Waals surface area contributed by atoms with Crippen LogP contribution in [0.15, 0.2) is 291 Å². The Morgan fingerprint density at radius 2 is 0.917 bits per heavy atom. The summed E-state index contributed by atoms with van der Waals surface area (Å²) in [7, 11) is -7.26. The number of hydrogen-bond donors (Lipinski definition) is 6. The van der Waals surface area contributed by atoms with Gasteiger partial charge >= 0.3 is 11.9 Å². The third kappa shape index (κ3) is 20.8. The molecule has 0 saturated heterocycles. The molecule has 0 bridgehead atoms. The van der Waals surface area contributed by atoms with Crippen LogP contribution in [0, 0.1) is 12.4 Å². The first-order valence-corrected chi connectivity index (χ1v) is 38.7. The summed E-state index contributed by atoms with van der Waals surface area (Å²) in [6, 6.07) is 76.2. The number of aromatic amines is 1. The van der Waals surface area contributed by atoms with Crippen LogP contribution < -0.4 is 33.1 Å². The number of H-pyrrole nitrogens is 1. The number of anilines is 3. The Labute approximate surface area is 633 Å². The molecule has 0 aliphatic heterocycles. The van der Waals surface area contributed by atoms with Crippen LogP contribution in [0.2, 0.25) is 0 Å². The van der Waals surface area contributed by atoms with Gasteiger partial charge in [-0.05, 0) is 147 Å². The molecule has 13 aromatic rings. The Kier molecular flexibility index (Phi) is 27.1.